The molecule has 5 heteroatoms. The molecular formula is C30H32N2OSSi. The van der Waals surface area contributed by atoms with Crippen LogP contribution in [0.15, 0.2) is 109 Å². The fourth-order valence-electron chi connectivity index (χ4n) is 4.38. The number of benzene rings is 3. The first-order valence-electron chi connectivity index (χ1n) is 11.9. The highest BCUT2D eigenvalue weighted by Crippen LogP contribution is 2.46. The summed E-state index contributed by atoms with van der Waals surface area (Å²) in [4.78, 5) is 5.46. The minimum Gasteiger partial charge on any atom is -0.402 e. The molecule has 0 spiro atoms. The van der Waals surface area contributed by atoms with E-state index in [1.54, 1.807) is 0 Å². The zero-order chi connectivity index (χ0) is 24.9. The van der Waals surface area contributed by atoms with Gasteiger partial charge in [0.25, 0.3) is 0 Å². The number of rotatable bonds is 8. The average molecular weight is 497 g/mol. The van der Waals surface area contributed by atoms with Gasteiger partial charge in [0.15, 0.2) is 8.32 Å². The van der Waals surface area contributed by atoms with Gasteiger partial charge in [-0.25, -0.2) is 0 Å². The smallest absolute Gasteiger partial charge is 0.185 e. The van der Waals surface area contributed by atoms with E-state index in [1.807, 2.05) is 36.5 Å². The first-order chi connectivity index (χ1) is 16.8. The molecule has 0 aliphatic carbocycles. The van der Waals surface area contributed by atoms with Gasteiger partial charge in [0.05, 0.1) is 5.69 Å². The third-order valence-corrected chi connectivity index (χ3v) is 7.14. The van der Waals surface area contributed by atoms with E-state index in [9.17, 15) is 0 Å². The number of hydrogen-bond donors (Lipinski definition) is 1. The van der Waals surface area contributed by atoms with Gasteiger partial charge in [0, 0.05) is 11.8 Å². The summed E-state index contributed by atoms with van der Waals surface area (Å²) >= 11 is 5.97. The molecule has 3 aromatic carbocycles. The van der Waals surface area contributed by atoms with Crippen LogP contribution in [0.4, 0.5) is 0 Å². The van der Waals surface area contributed by atoms with Crippen molar-refractivity contribution in [2.45, 2.75) is 38.2 Å². The Bertz CT molecular complexity index is 1200. The van der Waals surface area contributed by atoms with Crippen molar-refractivity contribution in [1.82, 2.24) is 10.3 Å². The monoisotopic (exact) mass is 496 g/mol. The van der Waals surface area contributed by atoms with Crippen molar-refractivity contribution in [2.24, 2.45) is 0 Å². The Balaban J connectivity index is 1.97. The van der Waals surface area contributed by atoms with Crippen LogP contribution in [0.5, 0.6) is 0 Å². The Kier molecular flexibility index (Phi) is 7.60. The molecule has 0 aliphatic heterocycles. The molecular weight excluding hydrogens is 464 g/mol. The van der Waals surface area contributed by atoms with Gasteiger partial charge in [-0.3, -0.25) is 4.98 Å². The van der Waals surface area contributed by atoms with E-state index in [0.29, 0.717) is 4.99 Å². The van der Waals surface area contributed by atoms with E-state index in [-0.39, 0.29) is 6.04 Å². The second-order valence-corrected chi connectivity index (χ2v) is 14.5. The Morgan fingerprint density at radius 1 is 0.800 bits per heavy atom. The van der Waals surface area contributed by atoms with Crippen molar-refractivity contribution in [3.05, 3.63) is 137 Å². The molecule has 1 unspecified atom stereocenters. The van der Waals surface area contributed by atoms with Crippen LogP contribution < -0.4 is 5.32 Å². The third kappa shape index (κ3) is 5.76. The molecule has 178 valence electrons. The number of aromatic nitrogens is 1. The second-order valence-electron chi connectivity index (χ2n) is 9.71. The lowest BCUT2D eigenvalue weighted by molar-refractivity contribution is 0.0622. The lowest BCUT2D eigenvalue weighted by Gasteiger charge is -2.46. The first-order valence-corrected chi connectivity index (χ1v) is 15.7. The number of thiocarbonyl (C=S) groups is 1. The van der Waals surface area contributed by atoms with Crippen molar-refractivity contribution < 1.29 is 4.43 Å². The van der Waals surface area contributed by atoms with Crippen molar-refractivity contribution in [3.8, 4) is 0 Å². The average Bonchev–Trinajstić information content (AvgIpc) is 2.87. The lowest BCUT2D eigenvalue weighted by Crippen LogP contribution is -2.51. The van der Waals surface area contributed by atoms with Gasteiger partial charge in [0.2, 0.25) is 0 Å². The lowest BCUT2D eigenvalue weighted by atomic mass is 9.78. The SMILES string of the molecule is Cc1ccc(C(=S)NC(c2ccccn2)C(O[Si](C)(C)C)(c2ccccc2)c2ccccc2)cc1. The number of hydrogen-bond acceptors (Lipinski definition) is 3. The number of aryl methyl sites for hydroxylation is 1. The van der Waals surface area contributed by atoms with E-state index in [4.69, 9.17) is 21.6 Å². The largest absolute Gasteiger partial charge is 0.402 e. The van der Waals surface area contributed by atoms with Gasteiger partial charge in [0.1, 0.15) is 16.6 Å². The van der Waals surface area contributed by atoms with Crippen LogP contribution in [0.3, 0.4) is 0 Å². The molecule has 1 N–H and O–H groups in total. The predicted octanol–water partition coefficient (Wildman–Crippen LogP) is 7.19. The molecule has 1 heterocycles. The van der Waals surface area contributed by atoms with Crippen LogP contribution in [0.1, 0.15) is 34.0 Å². The molecule has 0 fully saturated rings. The van der Waals surface area contributed by atoms with Gasteiger partial charge in [-0.15, -0.1) is 0 Å². The standard InChI is InChI=1S/C30H32N2OSSi/c1-23-18-20-24(21-19-23)29(34)32-28(27-17-11-12-22-31-27)30(33-35(2,3)4,25-13-7-5-8-14-25)26-15-9-6-10-16-26/h5-22,28H,1-4H3,(H,32,34). The molecule has 3 nitrogen and oxygen atoms in total. The Morgan fingerprint density at radius 2 is 1.34 bits per heavy atom. The summed E-state index contributed by atoms with van der Waals surface area (Å²) in [6, 6.07) is 34.8. The van der Waals surface area contributed by atoms with E-state index < -0.39 is 13.9 Å². The zero-order valence-electron chi connectivity index (χ0n) is 20.7. The number of nitrogens with one attached hydrogen (secondary N) is 1. The molecule has 1 atom stereocenters. The van der Waals surface area contributed by atoms with Crippen molar-refractivity contribution >= 4 is 25.5 Å². The van der Waals surface area contributed by atoms with Gasteiger partial charge < -0.3 is 9.74 Å². The molecule has 4 aromatic rings. The highest BCUT2D eigenvalue weighted by atomic mass is 32.1. The summed E-state index contributed by atoms with van der Waals surface area (Å²) < 4.78 is 7.25. The third-order valence-electron chi connectivity index (χ3n) is 5.85. The summed E-state index contributed by atoms with van der Waals surface area (Å²) in [7, 11) is -2.10. The molecule has 4 rings (SSSR count). The Hall–Kier alpha value is -3.12. The van der Waals surface area contributed by atoms with Gasteiger partial charge in [-0.1, -0.05) is 109 Å². The molecule has 0 saturated heterocycles. The van der Waals surface area contributed by atoms with Gasteiger partial charge >= 0.3 is 0 Å². The van der Waals surface area contributed by atoms with Gasteiger partial charge in [-0.05, 0) is 49.8 Å². The normalized spacial score (nSPS) is 12.7. The number of pyridine rings is 1. The summed E-state index contributed by atoms with van der Waals surface area (Å²) in [6.45, 7) is 8.75. The van der Waals surface area contributed by atoms with Crippen LogP contribution in [0, 0.1) is 6.92 Å². The Morgan fingerprint density at radius 3 is 1.83 bits per heavy atom. The van der Waals surface area contributed by atoms with E-state index in [0.717, 1.165) is 22.4 Å². The van der Waals surface area contributed by atoms with E-state index >= 15 is 0 Å². The fourth-order valence-corrected chi connectivity index (χ4v) is 5.95. The quantitative estimate of drug-likeness (QED) is 0.207. The molecule has 0 amide bonds. The molecule has 0 bridgehead atoms. The highest BCUT2D eigenvalue weighted by molar-refractivity contribution is 7.80. The summed E-state index contributed by atoms with van der Waals surface area (Å²) in [5.41, 5.74) is 4.30. The molecule has 35 heavy (non-hydrogen) atoms. The van der Waals surface area contributed by atoms with Crippen LogP contribution in [-0.2, 0) is 10.0 Å². The highest BCUT2D eigenvalue weighted by Gasteiger charge is 2.48. The summed E-state index contributed by atoms with van der Waals surface area (Å²) in [5, 5.41) is 3.70. The first kappa shape index (κ1) is 25.0. The second kappa shape index (κ2) is 10.6. The van der Waals surface area contributed by atoms with Crippen LogP contribution in [0.2, 0.25) is 19.6 Å². The molecule has 0 saturated carbocycles. The fraction of sp³-hybridized carbons (Fsp3) is 0.200. The van der Waals surface area contributed by atoms with E-state index in [2.05, 4.69) is 105 Å². The van der Waals surface area contributed by atoms with E-state index in [1.165, 1.54) is 5.56 Å². The predicted molar refractivity (Wildman–Crippen MR) is 151 cm³/mol. The molecule has 0 aliphatic rings. The summed E-state index contributed by atoms with van der Waals surface area (Å²) in [5.74, 6) is 0. The Labute approximate surface area is 215 Å². The van der Waals surface area contributed by atoms with Crippen molar-refractivity contribution in [3.63, 3.8) is 0 Å². The van der Waals surface area contributed by atoms with Gasteiger partial charge in [-0.2, -0.15) is 0 Å². The minimum absolute atomic E-state index is 0.367. The topological polar surface area (TPSA) is 34.2 Å². The minimum atomic E-state index is -2.10. The summed E-state index contributed by atoms with van der Waals surface area (Å²) in [6.07, 6.45) is 1.83. The van der Waals surface area contributed by atoms with Crippen LogP contribution in [0.25, 0.3) is 0 Å². The van der Waals surface area contributed by atoms with Crippen LogP contribution in [-0.4, -0.2) is 18.3 Å². The van der Waals surface area contributed by atoms with Crippen LogP contribution >= 0.6 is 12.2 Å². The molecule has 1 aromatic heterocycles. The maximum atomic E-state index is 7.25. The molecule has 0 radical (unpaired) electrons. The maximum Gasteiger partial charge on any atom is 0.185 e. The number of nitrogens with zero attached hydrogens (tertiary/aromatic N) is 1. The zero-order valence-corrected chi connectivity index (χ0v) is 22.5. The van der Waals surface area contributed by atoms with Crippen molar-refractivity contribution in [2.75, 3.05) is 0 Å². The van der Waals surface area contributed by atoms with Crippen molar-refractivity contribution in [1.29, 1.82) is 0 Å². The maximum absolute atomic E-state index is 7.25.